The predicted octanol–water partition coefficient (Wildman–Crippen LogP) is 6.52. The van der Waals surface area contributed by atoms with E-state index in [0.717, 1.165) is 17.1 Å². The molecular weight excluding hydrogens is 340 g/mol. The van der Waals surface area contributed by atoms with E-state index < -0.39 is 0 Å². The smallest absolute Gasteiger partial charge is 0.0430 e. The number of anilines is 2. The van der Waals surface area contributed by atoms with E-state index in [4.69, 9.17) is 11.6 Å². The van der Waals surface area contributed by atoms with Crippen LogP contribution in [0, 0.1) is 0 Å². The molecule has 0 amide bonds. The molecule has 2 nitrogen and oxygen atoms in total. The Morgan fingerprint density at radius 2 is 1.62 bits per heavy atom. The summed E-state index contributed by atoms with van der Waals surface area (Å²) in [5.41, 5.74) is 2.39. The van der Waals surface area contributed by atoms with Crippen molar-refractivity contribution in [3.63, 3.8) is 0 Å². The SMILES string of the molecule is CC(C)(CCCN1CCCCC1)N(c1ccccc1)c1cccc(Cl)c1. The third-order valence-electron chi connectivity index (χ3n) is 5.40. The summed E-state index contributed by atoms with van der Waals surface area (Å²) in [5, 5.41) is 0.785. The van der Waals surface area contributed by atoms with E-state index in [1.54, 1.807) is 0 Å². The van der Waals surface area contributed by atoms with Gasteiger partial charge in [0.05, 0.1) is 0 Å². The Bertz CT molecular complexity index is 678. The van der Waals surface area contributed by atoms with Gasteiger partial charge in [-0.25, -0.2) is 0 Å². The van der Waals surface area contributed by atoms with Crippen LogP contribution in [-0.2, 0) is 0 Å². The molecule has 1 heterocycles. The second kappa shape index (κ2) is 8.92. The van der Waals surface area contributed by atoms with Crippen LogP contribution in [0.25, 0.3) is 0 Å². The largest absolute Gasteiger partial charge is 0.336 e. The summed E-state index contributed by atoms with van der Waals surface area (Å²) in [6.07, 6.45) is 6.49. The monoisotopic (exact) mass is 370 g/mol. The minimum Gasteiger partial charge on any atom is -0.336 e. The summed E-state index contributed by atoms with van der Waals surface area (Å²) < 4.78 is 0. The zero-order valence-corrected chi connectivity index (χ0v) is 16.9. The molecule has 0 saturated carbocycles. The molecule has 1 aliphatic heterocycles. The molecule has 2 aromatic carbocycles. The Morgan fingerprint density at radius 3 is 2.31 bits per heavy atom. The van der Waals surface area contributed by atoms with Gasteiger partial charge in [0.2, 0.25) is 0 Å². The number of piperidine rings is 1. The van der Waals surface area contributed by atoms with Gasteiger partial charge in [0.1, 0.15) is 0 Å². The van der Waals surface area contributed by atoms with Crippen molar-refractivity contribution in [2.24, 2.45) is 0 Å². The van der Waals surface area contributed by atoms with Crippen molar-refractivity contribution in [3.8, 4) is 0 Å². The normalized spacial score (nSPS) is 15.8. The fourth-order valence-electron chi connectivity index (χ4n) is 4.07. The van der Waals surface area contributed by atoms with Crippen LogP contribution in [0.1, 0.15) is 46.0 Å². The number of halogens is 1. The lowest BCUT2D eigenvalue weighted by Gasteiger charge is -2.41. The van der Waals surface area contributed by atoms with Gasteiger partial charge in [-0.3, -0.25) is 0 Å². The second-order valence-corrected chi connectivity index (χ2v) is 8.41. The summed E-state index contributed by atoms with van der Waals surface area (Å²) in [4.78, 5) is 5.07. The molecule has 0 spiro atoms. The van der Waals surface area contributed by atoms with Gasteiger partial charge >= 0.3 is 0 Å². The first-order valence-corrected chi connectivity index (χ1v) is 10.3. The number of nitrogens with zero attached hydrogens (tertiary/aromatic N) is 2. The third kappa shape index (κ3) is 5.02. The maximum absolute atomic E-state index is 6.30. The summed E-state index contributed by atoms with van der Waals surface area (Å²) in [5.74, 6) is 0. The van der Waals surface area contributed by atoms with Crippen LogP contribution in [0.3, 0.4) is 0 Å². The van der Waals surface area contributed by atoms with Crippen molar-refractivity contribution < 1.29 is 0 Å². The molecule has 3 heteroatoms. The maximum atomic E-state index is 6.30. The van der Waals surface area contributed by atoms with Gasteiger partial charge < -0.3 is 9.80 Å². The molecule has 1 fully saturated rings. The number of likely N-dealkylation sites (tertiary alicyclic amines) is 1. The Labute approximate surface area is 163 Å². The Balaban J connectivity index is 1.76. The first kappa shape index (κ1) is 19.3. The van der Waals surface area contributed by atoms with Crippen molar-refractivity contribution in [3.05, 3.63) is 59.6 Å². The number of benzene rings is 2. The lowest BCUT2D eigenvalue weighted by Crippen LogP contribution is -2.41. The maximum Gasteiger partial charge on any atom is 0.0430 e. The molecule has 0 aromatic heterocycles. The lowest BCUT2D eigenvalue weighted by molar-refractivity contribution is 0.219. The van der Waals surface area contributed by atoms with Crippen molar-refractivity contribution in [1.82, 2.24) is 4.90 Å². The minimum absolute atomic E-state index is 0.0157. The van der Waals surface area contributed by atoms with Gasteiger partial charge in [0.25, 0.3) is 0 Å². The minimum atomic E-state index is 0.0157. The van der Waals surface area contributed by atoms with Crippen LogP contribution in [-0.4, -0.2) is 30.1 Å². The summed E-state index contributed by atoms with van der Waals surface area (Å²) in [7, 11) is 0. The van der Waals surface area contributed by atoms with Crippen LogP contribution >= 0.6 is 11.6 Å². The average Bonchev–Trinajstić information content (AvgIpc) is 2.63. The van der Waals surface area contributed by atoms with Crippen LogP contribution in [0.5, 0.6) is 0 Å². The first-order chi connectivity index (χ1) is 12.6. The molecule has 1 aliphatic rings. The molecule has 0 radical (unpaired) electrons. The van der Waals surface area contributed by atoms with Crippen LogP contribution in [0.4, 0.5) is 11.4 Å². The van der Waals surface area contributed by atoms with Crippen LogP contribution < -0.4 is 4.90 Å². The highest BCUT2D eigenvalue weighted by molar-refractivity contribution is 6.30. The van der Waals surface area contributed by atoms with E-state index in [1.165, 1.54) is 51.0 Å². The average molecular weight is 371 g/mol. The van der Waals surface area contributed by atoms with Crippen LogP contribution in [0.2, 0.25) is 5.02 Å². The third-order valence-corrected chi connectivity index (χ3v) is 5.63. The molecule has 0 aliphatic carbocycles. The fraction of sp³-hybridized carbons (Fsp3) is 0.478. The Morgan fingerprint density at radius 1 is 0.923 bits per heavy atom. The summed E-state index contributed by atoms with van der Waals surface area (Å²) >= 11 is 6.30. The molecule has 0 N–H and O–H groups in total. The highest BCUT2D eigenvalue weighted by Gasteiger charge is 2.28. The lowest BCUT2D eigenvalue weighted by atomic mass is 9.93. The van der Waals surface area contributed by atoms with Gasteiger partial charge in [0.15, 0.2) is 0 Å². The number of rotatable bonds is 7. The highest BCUT2D eigenvalue weighted by Crippen LogP contribution is 2.36. The van der Waals surface area contributed by atoms with E-state index in [1.807, 2.05) is 12.1 Å². The van der Waals surface area contributed by atoms with Crippen LogP contribution in [0.15, 0.2) is 54.6 Å². The number of para-hydroxylation sites is 1. The molecule has 1 saturated heterocycles. The van der Waals surface area contributed by atoms with Crippen molar-refractivity contribution in [2.75, 3.05) is 24.5 Å². The zero-order chi connectivity index (χ0) is 18.4. The fourth-order valence-corrected chi connectivity index (χ4v) is 4.25. The van der Waals surface area contributed by atoms with Crippen molar-refractivity contribution in [1.29, 1.82) is 0 Å². The van der Waals surface area contributed by atoms with Gasteiger partial charge in [0, 0.05) is 21.9 Å². The zero-order valence-electron chi connectivity index (χ0n) is 16.1. The summed E-state index contributed by atoms with van der Waals surface area (Å²) in [6, 6.07) is 18.9. The molecule has 0 atom stereocenters. The van der Waals surface area contributed by atoms with Gasteiger partial charge in [-0.1, -0.05) is 42.3 Å². The van der Waals surface area contributed by atoms with Crippen molar-refractivity contribution >= 4 is 23.0 Å². The topological polar surface area (TPSA) is 6.48 Å². The molecule has 0 bridgehead atoms. The van der Waals surface area contributed by atoms with Gasteiger partial charge in [-0.05, 0) is 89.5 Å². The van der Waals surface area contributed by atoms with Gasteiger partial charge in [-0.15, -0.1) is 0 Å². The second-order valence-electron chi connectivity index (χ2n) is 7.97. The molecular formula is C23H31ClN2. The molecule has 2 aromatic rings. The predicted molar refractivity (Wildman–Crippen MR) is 114 cm³/mol. The molecule has 3 rings (SSSR count). The quantitative estimate of drug-likeness (QED) is 0.547. The molecule has 140 valence electrons. The van der Waals surface area contributed by atoms with E-state index in [2.05, 4.69) is 66.1 Å². The van der Waals surface area contributed by atoms with E-state index in [0.29, 0.717) is 0 Å². The first-order valence-electron chi connectivity index (χ1n) is 9.89. The summed E-state index contributed by atoms with van der Waals surface area (Å²) in [6.45, 7) is 8.45. The number of hydrogen-bond acceptors (Lipinski definition) is 2. The molecule has 0 unspecified atom stereocenters. The van der Waals surface area contributed by atoms with E-state index in [-0.39, 0.29) is 5.54 Å². The molecule has 26 heavy (non-hydrogen) atoms. The highest BCUT2D eigenvalue weighted by atomic mass is 35.5. The van der Waals surface area contributed by atoms with Gasteiger partial charge in [-0.2, -0.15) is 0 Å². The number of hydrogen-bond donors (Lipinski definition) is 0. The van der Waals surface area contributed by atoms with Crippen molar-refractivity contribution in [2.45, 2.75) is 51.5 Å². The Kier molecular flexibility index (Phi) is 6.61. The van der Waals surface area contributed by atoms with E-state index in [9.17, 15) is 0 Å². The Hall–Kier alpha value is -1.51. The standard InChI is InChI=1S/C23H31ClN2/c1-23(2,15-10-18-25-16-7-4-8-17-25)26(21-12-5-3-6-13-21)22-14-9-11-20(24)19-22/h3,5-6,9,11-14,19H,4,7-8,10,15-18H2,1-2H3. The van der Waals surface area contributed by atoms with E-state index >= 15 is 0 Å².